The van der Waals surface area contributed by atoms with E-state index in [1.54, 1.807) is 24.3 Å². The lowest BCUT2D eigenvalue weighted by Gasteiger charge is -2.05. The van der Waals surface area contributed by atoms with Crippen LogP contribution in [0.1, 0.15) is 17.0 Å². The Bertz CT molecular complexity index is 1070. The summed E-state index contributed by atoms with van der Waals surface area (Å²) in [5.74, 6) is -2.07. The molecule has 4 rings (SSSR count). The zero-order valence-electron chi connectivity index (χ0n) is 14.6. The Labute approximate surface area is 172 Å². The maximum atomic E-state index is 12.7. The average molecular weight is 409 g/mol. The van der Waals surface area contributed by atoms with Gasteiger partial charge in [-0.05, 0) is 46.5 Å². The average Bonchev–Trinajstić information content (AvgIpc) is 2.95. The van der Waals surface area contributed by atoms with Gasteiger partial charge in [0, 0.05) is 10.0 Å². The third kappa shape index (κ3) is 3.72. The van der Waals surface area contributed by atoms with Gasteiger partial charge in [0.25, 0.3) is 0 Å². The predicted octanol–water partition coefficient (Wildman–Crippen LogP) is 5.91. The molecule has 3 aromatic rings. The summed E-state index contributed by atoms with van der Waals surface area (Å²) in [4.78, 5) is 25.0. The second-order valence-corrected chi connectivity index (χ2v) is 7.29. The molecule has 0 N–H and O–H groups in total. The summed E-state index contributed by atoms with van der Waals surface area (Å²) in [5.41, 5.74) is 3.35. The summed E-state index contributed by atoms with van der Waals surface area (Å²) in [5, 5.41) is 0.717. The summed E-state index contributed by atoms with van der Waals surface area (Å²) >= 11 is 12.0. The van der Waals surface area contributed by atoms with Crippen molar-refractivity contribution in [3.8, 4) is 11.1 Å². The molecular formula is C23H14Cl2O3. The highest BCUT2D eigenvalue weighted by Crippen LogP contribution is 2.34. The molecule has 0 spiro atoms. The molecule has 1 aliphatic rings. The van der Waals surface area contributed by atoms with Crippen molar-refractivity contribution in [2.24, 2.45) is 0 Å². The van der Waals surface area contributed by atoms with E-state index in [1.807, 2.05) is 54.6 Å². The van der Waals surface area contributed by atoms with Crippen LogP contribution in [0.15, 0.2) is 78.6 Å². The standard InChI is InChI=1S/C23H14Cl2O3/c24-18-11-17(12-19(25)13-18)21-22(26)20(28-23(21)27)10-14-6-8-16(9-7-14)15-4-2-1-3-5-15/h1-13,21H/b20-10-. The quantitative estimate of drug-likeness (QED) is 0.307. The predicted molar refractivity (Wildman–Crippen MR) is 110 cm³/mol. The molecule has 0 aromatic heterocycles. The molecule has 3 nitrogen and oxygen atoms in total. The van der Waals surface area contributed by atoms with E-state index in [0.29, 0.717) is 15.6 Å². The summed E-state index contributed by atoms with van der Waals surface area (Å²) < 4.78 is 5.23. The van der Waals surface area contributed by atoms with Crippen molar-refractivity contribution < 1.29 is 14.3 Å². The number of ketones is 1. The minimum Gasteiger partial charge on any atom is -0.422 e. The van der Waals surface area contributed by atoms with Crippen LogP contribution in [-0.2, 0) is 14.3 Å². The van der Waals surface area contributed by atoms with Gasteiger partial charge in [-0.15, -0.1) is 0 Å². The Morgan fingerprint density at radius 2 is 1.39 bits per heavy atom. The zero-order valence-corrected chi connectivity index (χ0v) is 16.1. The second-order valence-electron chi connectivity index (χ2n) is 6.42. The molecule has 138 valence electrons. The van der Waals surface area contributed by atoms with Crippen LogP contribution in [0.3, 0.4) is 0 Å². The maximum absolute atomic E-state index is 12.7. The summed E-state index contributed by atoms with van der Waals surface area (Å²) in [6.45, 7) is 0. The molecule has 1 heterocycles. The lowest BCUT2D eigenvalue weighted by Crippen LogP contribution is -2.12. The molecule has 0 bridgehead atoms. The van der Waals surface area contributed by atoms with Gasteiger partial charge in [-0.3, -0.25) is 9.59 Å². The maximum Gasteiger partial charge on any atom is 0.327 e. The van der Waals surface area contributed by atoms with Gasteiger partial charge >= 0.3 is 5.97 Å². The van der Waals surface area contributed by atoms with E-state index >= 15 is 0 Å². The first-order valence-corrected chi connectivity index (χ1v) is 9.36. The number of benzene rings is 3. The Kier molecular flexibility index (Phi) is 5.03. The first kappa shape index (κ1) is 18.5. The van der Waals surface area contributed by atoms with Gasteiger partial charge in [-0.1, -0.05) is 77.8 Å². The number of rotatable bonds is 3. The van der Waals surface area contributed by atoms with E-state index < -0.39 is 17.7 Å². The van der Waals surface area contributed by atoms with Crippen molar-refractivity contribution in [3.05, 3.63) is 99.7 Å². The largest absolute Gasteiger partial charge is 0.422 e. The van der Waals surface area contributed by atoms with Crippen molar-refractivity contribution >= 4 is 41.0 Å². The number of carbonyl (C=O) groups excluding carboxylic acids is 2. The van der Waals surface area contributed by atoms with Gasteiger partial charge in [-0.25, -0.2) is 0 Å². The smallest absolute Gasteiger partial charge is 0.327 e. The lowest BCUT2D eigenvalue weighted by atomic mass is 9.95. The number of allylic oxidation sites excluding steroid dienone is 1. The van der Waals surface area contributed by atoms with Crippen molar-refractivity contribution in [1.29, 1.82) is 0 Å². The molecule has 0 saturated carbocycles. The van der Waals surface area contributed by atoms with Crippen LogP contribution >= 0.6 is 23.2 Å². The number of Topliss-reactive ketones (excluding diaryl/α,β-unsaturated/α-hetero) is 1. The third-order valence-electron chi connectivity index (χ3n) is 4.49. The molecule has 5 heteroatoms. The molecule has 0 radical (unpaired) electrons. The molecule has 1 fully saturated rings. The van der Waals surface area contributed by atoms with Crippen LogP contribution in [0, 0.1) is 0 Å². The Morgan fingerprint density at radius 3 is 2.04 bits per heavy atom. The Hall–Kier alpha value is -2.88. The topological polar surface area (TPSA) is 43.4 Å². The minimum absolute atomic E-state index is 0.0126. The SMILES string of the molecule is O=C1O/C(=C\c2ccc(-c3ccccc3)cc2)C(=O)C1c1cc(Cl)cc(Cl)c1. The van der Waals surface area contributed by atoms with E-state index in [9.17, 15) is 9.59 Å². The van der Waals surface area contributed by atoms with Crippen LogP contribution in [0.2, 0.25) is 10.0 Å². The van der Waals surface area contributed by atoms with Crippen LogP contribution in [0.5, 0.6) is 0 Å². The fourth-order valence-electron chi connectivity index (χ4n) is 3.15. The van der Waals surface area contributed by atoms with Crippen molar-refractivity contribution in [3.63, 3.8) is 0 Å². The van der Waals surface area contributed by atoms with E-state index in [1.165, 1.54) is 0 Å². The van der Waals surface area contributed by atoms with Crippen LogP contribution in [-0.4, -0.2) is 11.8 Å². The molecule has 1 atom stereocenters. The third-order valence-corrected chi connectivity index (χ3v) is 4.92. The Morgan fingerprint density at radius 1 is 0.786 bits per heavy atom. The van der Waals surface area contributed by atoms with Crippen LogP contribution < -0.4 is 0 Å². The van der Waals surface area contributed by atoms with Gasteiger partial charge in [0.1, 0.15) is 5.92 Å². The molecule has 3 aromatic carbocycles. The molecule has 1 saturated heterocycles. The Balaban J connectivity index is 1.60. The fourth-order valence-corrected chi connectivity index (χ4v) is 3.69. The van der Waals surface area contributed by atoms with Gasteiger partial charge in [0.2, 0.25) is 5.78 Å². The summed E-state index contributed by atoms with van der Waals surface area (Å²) in [6.07, 6.45) is 1.57. The van der Waals surface area contributed by atoms with E-state index in [0.717, 1.165) is 16.7 Å². The molecule has 28 heavy (non-hydrogen) atoms. The van der Waals surface area contributed by atoms with Crippen LogP contribution in [0.4, 0.5) is 0 Å². The molecule has 1 aliphatic heterocycles. The van der Waals surface area contributed by atoms with Gasteiger partial charge in [-0.2, -0.15) is 0 Å². The first-order chi connectivity index (χ1) is 13.5. The zero-order chi connectivity index (χ0) is 19.7. The lowest BCUT2D eigenvalue weighted by molar-refractivity contribution is -0.136. The molecule has 1 unspecified atom stereocenters. The number of hydrogen-bond donors (Lipinski definition) is 0. The fraction of sp³-hybridized carbons (Fsp3) is 0.0435. The van der Waals surface area contributed by atoms with Crippen molar-refractivity contribution in [2.45, 2.75) is 5.92 Å². The number of carbonyl (C=O) groups is 2. The van der Waals surface area contributed by atoms with Crippen molar-refractivity contribution in [2.75, 3.05) is 0 Å². The number of ether oxygens (including phenoxy) is 1. The number of hydrogen-bond acceptors (Lipinski definition) is 3. The monoisotopic (exact) mass is 408 g/mol. The van der Waals surface area contributed by atoms with E-state index in [2.05, 4.69) is 0 Å². The van der Waals surface area contributed by atoms with E-state index in [-0.39, 0.29) is 5.76 Å². The molecule has 0 aliphatic carbocycles. The highest BCUT2D eigenvalue weighted by atomic mass is 35.5. The second kappa shape index (κ2) is 7.63. The highest BCUT2D eigenvalue weighted by Gasteiger charge is 2.41. The summed E-state index contributed by atoms with van der Waals surface area (Å²) in [6, 6.07) is 22.3. The van der Waals surface area contributed by atoms with Crippen LogP contribution in [0.25, 0.3) is 17.2 Å². The minimum atomic E-state index is -1.05. The number of esters is 1. The number of cyclic esters (lactones) is 1. The normalized spacial score (nSPS) is 17.8. The van der Waals surface area contributed by atoms with Gasteiger partial charge in [0.05, 0.1) is 0 Å². The number of halogens is 2. The van der Waals surface area contributed by atoms with E-state index in [4.69, 9.17) is 27.9 Å². The molecule has 0 amide bonds. The van der Waals surface area contributed by atoms with Gasteiger partial charge < -0.3 is 4.74 Å². The molecular weight excluding hydrogens is 395 g/mol. The van der Waals surface area contributed by atoms with Crippen molar-refractivity contribution in [1.82, 2.24) is 0 Å². The summed E-state index contributed by atoms with van der Waals surface area (Å²) in [7, 11) is 0. The highest BCUT2D eigenvalue weighted by molar-refractivity contribution is 6.35. The first-order valence-electron chi connectivity index (χ1n) is 8.60. The van der Waals surface area contributed by atoms with Gasteiger partial charge in [0.15, 0.2) is 5.76 Å².